The predicted molar refractivity (Wildman–Crippen MR) is 72.6 cm³/mol. The Balaban J connectivity index is 2.55. The quantitative estimate of drug-likeness (QED) is 0.882. The van der Waals surface area contributed by atoms with Crippen LogP contribution in [0.25, 0.3) is 10.9 Å². The molecule has 2 N–H and O–H groups in total. The van der Waals surface area contributed by atoms with Gasteiger partial charge in [0, 0.05) is 36.4 Å². The zero-order valence-corrected chi connectivity index (χ0v) is 10.7. The number of hydrogen-bond donors (Lipinski definition) is 1. The summed E-state index contributed by atoms with van der Waals surface area (Å²) in [5, 5.41) is 1.36. The summed E-state index contributed by atoms with van der Waals surface area (Å²) in [4.78, 5) is 0. The van der Waals surface area contributed by atoms with Crippen LogP contribution in [-0.4, -0.2) is 10.3 Å². The van der Waals surface area contributed by atoms with Crippen LogP contribution >= 0.6 is 11.8 Å². The molecule has 1 aromatic carbocycles. The van der Waals surface area contributed by atoms with Gasteiger partial charge in [-0.25, -0.2) is 0 Å². The van der Waals surface area contributed by atoms with Crippen molar-refractivity contribution in [1.82, 2.24) is 4.57 Å². The average molecular weight is 234 g/mol. The van der Waals surface area contributed by atoms with Crippen molar-refractivity contribution < 1.29 is 0 Å². The molecule has 2 rings (SSSR count). The largest absolute Gasteiger partial charge is 0.350 e. The van der Waals surface area contributed by atoms with E-state index >= 15 is 0 Å². The highest BCUT2D eigenvalue weighted by molar-refractivity contribution is 7.98. The molecule has 2 aromatic rings. The minimum Gasteiger partial charge on any atom is -0.350 e. The molecule has 0 radical (unpaired) electrons. The third-order valence-corrected chi connectivity index (χ3v) is 3.78. The highest BCUT2D eigenvalue weighted by atomic mass is 32.2. The van der Waals surface area contributed by atoms with Crippen molar-refractivity contribution in [3.63, 3.8) is 0 Å². The van der Waals surface area contributed by atoms with Crippen molar-refractivity contribution in [3.05, 3.63) is 35.5 Å². The highest BCUT2D eigenvalue weighted by Crippen LogP contribution is 2.27. The summed E-state index contributed by atoms with van der Waals surface area (Å²) in [6.45, 7) is 2.81. The van der Waals surface area contributed by atoms with E-state index in [9.17, 15) is 0 Å². The van der Waals surface area contributed by atoms with E-state index in [1.165, 1.54) is 22.0 Å². The van der Waals surface area contributed by atoms with Crippen LogP contribution in [0.4, 0.5) is 0 Å². The highest BCUT2D eigenvalue weighted by Gasteiger charge is 2.09. The lowest BCUT2D eigenvalue weighted by atomic mass is 10.1. The van der Waals surface area contributed by atoms with Crippen LogP contribution in [0.1, 0.15) is 18.1 Å². The van der Waals surface area contributed by atoms with E-state index in [0.717, 1.165) is 11.5 Å². The van der Waals surface area contributed by atoms with E-state index in [1.807, 2.05) is 11.8 Å². The number of aromatic nitrogens is 1. The first-order valence-corrected chi connectivity index (χ1v) is 6.77. The number of fused-ring (bicyclic) bond motifs is 1. The second kappa shape index (κ2) is 4.93. The van der Waals surface area contributed by atoms with Crippen molar-refractivity contribution in [2.45, 2.75) is 19.2 Å². The second-order valence-corrected chi connectivity index (χ2v) is 5.19. The van der Waals surface area contributed by atoms with Gasteiger partial charge in [0.05, 0.1) is 0 Å². The molecule has 0 saturated heterocycles. The van der Waals surface area contributed by atoms with Crippen molar-refractivity contribution in [3.8, 4) is 0 Å². The summed E-state index contributed by atoms with van der Waals surface area (Å²) in [5.74, 6) is 2.23. The standard InChI is InChI=1S/C13H18N2S/c1-3-16-9-11-8-15(2)12-6-4-5-10(7-14)13(11)12/h4-6,8H,3,7,9,14H2,1-2H3. The fourth-order valence-corrected chi connectivity index (χ4v) is 2.75. The van der Waals surface area contributed by atoms with Gasteiger partial charge in [-0.1, -0.05) is 19.1 Å². The van der Waals surface area contributed by atoms with Gasteiger partial charge in [0.1, 0.15) is 0 Å². The maximum absolute atomic E-state index is 5.81. The van der Waals surface area contributed by atoms with Crippen molar-refractivity contribution in [2.24, 2.45) is 12.8 Å². The topological polar surface area (TPSA) is 30.9 Å². The molecule has 1 heterocycles. The van der Waals surface area contributed by atoms with Gasteiger partial charge < -0.3 is 10.3 Å². The van der Waals surface area contributed by atoms with E-state index in [-0.39, 0.29) is 0 Å². The van der Waals surface area contributed by atoms with Crippen LogP contribution in [0.3, 0.4) is 0 Å². The molecule has 2 nitrogen and oxygen atoms in total. The lowest BCUT2D eigenvalue weighted by molar-refractivity contribution is 0.962. The summed E-state index contributed by atoms with van der Waals surface area (Å²) in [6.07, 6.45) is 2.23. The van der Waals surface area contributed by atoms with Crippen LogP contribution in [-0.2, 0) is 19.3 Å². The summed E-state index contributed by atoms with van der Waals surface area (Å²) in [5.41, 5.74) is 9.76. The molecule has 1 aromatic heterocycles. The van der Waals surface area contributed by atoms with E-state index in [4.69, 9.17) is 5.73 Å². The van der Waals surface area contributed by atoms with E-state index in [2.05, 4.69) is 42.9 Å². The van der Waals surface area contributed by atoms with Crippen LogP contribution < -0.4 is 5.73 Å². The lowest BCUT2D eigenvalue weighted by Gasteiger charge is -2.03. The summed E-state index contributed by atoms with van der Waals surface area (Å²) in [6, 6.07) is 6.37. The lowest BCUT2D eigenvalue weighted by Crippen LogP contribution is -1.97. The van der Waals surface area contributed by atoms with Crippen LogP contribution in [0.15, 0.2) is 24.4 Å². The monoisotopic (exact) mass is 234 g/mol. The fourth-order valence-electron chi connectivity index (χ4n) is 2.11. The zero-order chi connectivity index (χ0) is 11.5. The molecule has 3 heteroatoms. The first-order chi connectivity index (χ1) is 7.77. The number of nitrogens with zero attached hydrogens (tertiary/aromatic N) is 1. The molecule has 16 heavy (non-hydrogen) atoms. The van der Waals surface area contributed by atoms with Gasteiger partial charge in [-0.05, 0) is 22.9 Å². The Labute approximate surface area is 101 Å². The maximum atomic E-state index is 5.81. The Morgan fingerprint density at radius 1 is 1.31 bits per heavy atom. The Morgan fingerprint density at radius 2 is 2.12 bits per heavy atom. The van der Waals surface area contributed by atoms with Gasteiger partial charge in [-0.3, -0.25) is 0 Å². The molecule has 0 aliphatic heterocycles. The molecule has 0 atom stereocenters. The Hall–Kier alpha value is -0.930. The van der Waals surface area contributed by atoms with E-state index < -0.39 is 0 Å². The van der Waals surface area contributed by atoms with Crippen LogP contribution in [0.5, 0.6) is 0 Å². The van der Waals surface area contributed by atoms with Gasteiger partial charge in [0.25, 0.3) is 0 Å². The number of aryl methyl sites for hydroxylation is 1. The molecular formula is C13H18N2S. The first-order valence-electron chi connectivity index (χ1n) is 5.61. The number of benzene rings is 1. The fraction of sp³-hybridized carbons (Fsp3) is 0.385. The molecule has 0 aliphatic carbocycles. The van der Waals surface area contributed by atoms with Gasteiger partial charge in [0.2, 0.25) is 0 Å². The predicted octanol–water partition coefficient (Wildman–Crippen LogP) is 2.89. The molecule has 0 aliphatic rings. The van der Waals surface area contributed by atoms with E-state index in [1.54, 1.807) is 0 Å². The normalized spacial score (nSPS) is 11.2. The van der Waals surface area contributed by atoms with Crippen molar-refractivity contribution in [1.29, 1.82) is 0 Å². The van der Waals surface area contributed by atoms with Gasteiger partial charge in [0.15, 0.2) is 0 Å². The van der Waals surface area contributed by atoms with Crippen molar-refractivity contribution in [2.75, 3.05) is 5.75 Å². The van der Waals surface area contributed by atoms with Gasteiger partial charge in [-0.2, -0.15) is 11.8 Å². The van der Waals surface area contributed by atoms with Gasteiger partial charge >= 0.3 is 0 Å². The number of nitrogens with two attached hydrogens (primary N) is 1. The summed E-state index contributed by atoms with van der Waals surface area (Å²) < 4.78 is 2.19. The van der Waals surface area contributed by atoms with E-state index in [0.29, 0.717) is 6.54 Å². The molecule has 0 saturated carbocycles. The molecule has 0 unspecified atom stereocenters. The number of thioether (sulfide) groups is 1. The van der Waals surface area contributed by atoms with Crippen LogP contribution in [0, 0.1) is 0 Å². The Kier molecular flexibility index (Phi) is 3.56. The molecule has 0 fully saturated rings. The molecular weight excluding hydrogens is 216 g/mol. The SMILES string of the molecule is CCSCc1cn(C)c2cccc(CN)c12. The van der Waals surface area contributed by atoms with Crippen LogP contribution in [0.2, 0.25) is 0 Å². The minimum absolute atomic E-state index is 0.616. The number of hydrogen-bond acceptors (Lipinski definition) is 2. The third kappa shape index (κ3) is 1.97. The average Bonchev–Trinajstić information content (AvgIpc) is 2.64. The molecule has 86 valence electrons. The summed E-state index contributed by atoms with van der Waals surface area (Å²) >= 11 is 1.95. The molecule has 0 amide bonds. The molecule has 0 bridgehead atoms. The zero-order valence-electron chi connectivity index (χ0n) is 9.86. The minimum atomic E-state index is 0.616. The Morgan fingerprint density at radius 3 is 2.81 bits per heavy atom. The smallest absolute Gasteiger partial charge is 0.0484 e. The second-order valence-electron chi connectivity index (χ2n) is 3.92. The van der Waals surface area contributed by atoms with Crippen molar-refractivity contribution >= 4 is 22.7 Å². The van der Waals surface area contributed by atoms with Gasteiger partial charge in [-0.15, -0.1) is 0 Å². The Bertz CT molecular complexity index is 488. The maximum Gasteiger partial charge on any atom is 0.0484 e. The molecule has 0 spiro atoms. The number of rotatable bonds is 4. The first kappa shape index (κ1) is 11.6. The summed E-state index contributed by atoms with van der Waals surface area (Å²) in [7, 11) is 2.10. The third-order valence-electron chi connectivity index (χ3n) is 2.86.